The maximum absolute atomic E-state index is 12.7. The highest BCUT2D eigenvalue weighted by Gasteiger charge is 2.40. The van der Waals surface area contributed by atoms with Crippen LogP contribution >= 0.6 is 11.6 Å². The number of nitrogens with zero attached hydrogens (tertiary/aromatic N) is 1. The van der Waals surface area contributed by atoms with Crippen LogP contribution in [0.25, 0.3) is 0 Å². The summed E-state index contributed by atoms with van der Waals surface area (Å²) in [5.41, 5.74) is 7.47. The summed E-state index contributed by atoms with van der Waals surface area (Å²) >= 11 is 6.03. The molecule has 3 atom stereocenters. The molecule has 0 spiro atoms. The Hall–Kier alpha value is -1.63. The number of anilines is 1. The number of rotatable bonds is 3. The number of hydrogen-bond acceptors (Lipinski definition) is 4. The van der Waals surface area contributed by atoms with Crippen molar-refractivity contribution in [1.29, 1.82) is 0 Å². The molecule has 2 saturated heterocycles. The highest BCUT2D eigenvalue weighted by Crippen LogP contribution is 2.42. The van der Waals surface area contributed by atoms with Gasteiger partial charge in [0.1, 0.15) is 6.10 Å². The van der Waals surface area contributed by atoms with Gasteiger partial charge in [-0.15, -0.1) is 0 Å². The summed E-state index contributed by atoms with van der Waals surface area (Å²) in [4.78, 5) is 27.0. The molecular weight excluding hydrogens is 354 g/mol. The molecule has 3 aliphatic rings. The standard InChI is InChI=1S/C19H24ClN3O3/c20-12-1-3-14-15(9-12)22-18(24)17(14)11-5-7-23(8-6-11)19(25)16-4-2-13(10-21)26-16/h1,3,9,11,13,16-17H,2,4-8,10,21H2,(H,22,24)/t13-,16+,17?/m1/s1. The number of halogens is 1. The number of likely N-dealkylation sites (tertiary alicyclic amines) is 1. The van der Waals surface area contributed by atoms with E-state index in [0.29, 0.717) is 24.7 Å². The van der Waals surface area contributed by atoms with E-state index in [1.165, 1.54) is 0 Å². The van der Waals surface area contributed by atoms with Crippen molar-refractivity contribution in [3.05, 3.63) is 28.8 Å². The van der Waals surface area contributed by atoms with E-state index in [2.05, 4.69) is 5.32 Å². The Morgan fingerprint density at radius 2 is 2.04 bits per heavy atom. The maximum atomic E-state index is 12.7. The monoisotopic (exact) mass is 377 g/mol. The predicted octanol–water partition coefficient (Wildman–Crippen LogP) is 2.12. The van der Waals surface area contributed by atoms with E-state index < -0.39 is 0 Å². The number of hydrogen-bond donors (Lipinski definition) is 2. The molecule has 0 aromatic heterocycles. The van der Waals surface area contributed by atoms with E-state index in [9.17, 15) is 9.59 Å². The topological polar surface area (TPSA) is 84.7 Å². The largest absolute Gasteiger partial charge is 0.364 e. The average Bonchev–Trinajstić information content (AvgIpc) is 3.24. The Bertz CT molecular complexity index is 718. The SMILES string of the molecule is NC[C@H]1CC[C@@H](C(=O)N2CCC(C3C(=O)Nc4cc(Cl)ccc43)CC2)O1. The summed E-state index contributed by atoms with van der Waals surface area (Å²) in [6.45, 7) is 1.80. The van der Waals surface area contributed by atoms with Crippen molar-refractivity contribution in [3.63, 3.8) is 0 Å². The lowest BCUT2D eigenvalue weighted by atomic mass is 9.80. The van der Waals surface area contributed by atoms with Gasteiger partial charge in [0.05, 0.1) is 12.0 Å². The Morgan fingerprint density at radius 1 is 1.27 bits per heavy atom. The number of carbonyl (C=O) groups is 2. The first-order valence-corrected chi connectivity index (χ1v) is 9.69. The molecule has 6 nitrogen and oxygen atoms in total. The predicted molar refractivity (Wildman–Crippen MR) is 99.1 cm³/mol. The normalized spacial score (nSPS) is 28.9. The van der Waals surface area contributed by atoms with E-state index >= 15 is 0 Å². The lowest BCUT2D eigenvalue weighted by Gasteiger charge is -2.35. The van der Waals surface area contributed by atoms with Crippen LogP contribution in [0.1, 0.15) is 37.2 Å². The highest BCUT2D eigenvalue weighted by molar-refractivity contribution is 6.31. The van der Waals surface area contributed by atoms with Gasteiger partial charge in [0, 0.05) is 30.3 Å². The molecule has 0 bridgehead atoms. The third-order valence-electron chi connectivity index (χ3n) is 5.86. The second-order valence-electron chi connectivity index (χ2n) is 7.42. The zero-order valence-corrected chi connectivity index (χ0v) is 15.4. The first kappa shape index (κ1) is 17.8. The van der Waals surface area contributed by atoms with Gasteiger partial charge in [-0.2, -0.15) is 0 Å². The average molecular weight is 378 g/mol. The Morgan fingerprint density at radius 3 is 2.73 bits per heavy atom. The zero-order valence-electron chi connectivity index (χ0n) is 14.6. The molecule has 0 saturated carbocycles. The van der Waals surface area contributed by atoms with Crippen molar-refractivity contribution < 1.29 is 14.3 Å². The smallest absolute Gasteiger partial charge is 0.251 e. The fourth-order valence-electron chi connectivity index (χ4n) is 4.45. The van der Waals surface area contributed by atoms with Crippen LogP contribution in [0.3, 0.4) is 0 Å². The van der Waals surface area contributed by atoms with Gasteiger partial charge in [0.2, 0.25) is 5.91 Å². The minimum Gasteiger partial charge on any atom is -0.364 e. The van der Waals surface area contributed by atoms with E-state index in [4.69, 9.17) is 22.1 Å². The van der Waals surface area contributed by atoms with Crippen molar-refractivity contribution >= 4 is 29.1 Å². The number of benzene rings is 1. The van der Waals surface area contributed by atoms with E-state index in [1.807, 2.05) is 17.0 Å². The van der Waals surface area contributed by atoms with Crippen molar-refractivity contribution in [2.45, 2.75) is 43.8 Å². The van der Waals surface area contributed by atoms with Crippen LogP contribution in [-0.4, -0.2) is 48.6 Å². The zero-order chi connectivity index (χ0) is 18.3. The van der Waals surface area contributed by atoms with Crippen LogP contribution in [0.5, 0.6) is 0 Å². The molecular formula is C19H24ClN3O3. The molecule has 1 aromatic carbocycles. The van der Waals surface area contributed by atoms with Crippen LogP contribution < -0.4 is 11.1 Å². The van der Waals surface area contributed by atoms with Gasteiger partial charge in [-0.25, -0.2) is 0 Å². The van der Waals surface area contributed by atoms with Crippen molar-refractivity contribution in [3.8, 4) is 0 Å². The van der Waals surface area contributed by atoms with E-state index in [1.54, 1.807) is 6.07 Å². The quantitative estimate of drug-likeness (QED) is 0.845. The van der Waals surface area contributed by atoms with Gasteiger partial charge in [0.25, 0.3) is 5.91 Å². The summed E-state index contributed by atoms with van der Waals surface area (Å²) in [6.07, 6.45) is 2.90. The summed E-state index contributed by atoms with van der Waals surface area (Å²) < 4.78 is 5.73. The van der Waals surface area contributed by atoms with Crippen molar-refractivity contribution in [2.24, 2.45) is 11.7 Å². The molecule has 140 valence electrons. The molecule has 1 aromatic rings. The first-order valence-electron chi connectivity index (χ1n) is 9.31. The minimum absolute atomic E-state index is 0.00648. The number of piperidine rings is 1. The van der Waals surface area contributed by atoms with E-state index in [0.717, 1.165) is 36.9 Å². The maximum Gasteiger partial charge on any atom is 0.251 e. The Balaban J connectivity index is 1.38. The van der Waals surface area contributed by atoms with Crippen LogP contribution in [-0.2, 0) is 14.3 Å². The molecule has 0 aliphatic carbocycles. The number of ether oxygens (including phenoxy) is 1. The summed E-state index contributed by atoms with van der Waals surface area (Å²) in [5.74, 6) is 0.200. The number of nitrogens with two attached hydrogens (primary N) is 1. The van der Waals surface area contributed by atoms with Crippen LogP contribution in [0.2, 0.25) is 5.02 Å². The summed E-state index contributed by atoms with van der Waals surface area (Å²) in [5, 5.41) is 3.56. The van der Waals surface area contributed by atoms with Gasteiger partial charge in [-0.3, -0.25) is 9.59 Å². The molecule has 2 fully saturated rings. The summed E-state index contributed by atoms with van der Waals surface area (Å²) in [6, 6.07) is 5.58. The molecule has 3 aliphatic heterocycles. The Kier molecular flexibility index (Phi) is 4.90. The van der Waals surface area contributed by atoms with Crippen molar-refractivity contribution in [1.82, 2.24) is 4.90 Å². The second-order valence-corrected chi connectivity index (χ2v) is 7.86. The summed E-state index contributed by atoms with van der Waals surface area (Å²) in [7, 11) is 0. The molecule has 3 N–H and O–H groups in total. The van der Waals surface area contributed by atoms with Crippen LogP contribution in [0.4, 0.5) is 5.69 Å². The van der Waals surface area contributed by atoms with Crippen LogP contribution in [0.15, 0.2) is 18.2 Å². The second kappa shape index (κ2) is 7.18. The lowest BCUT2D eigenvalue weighted by molar-refractivity contribution is -0.144. The minimum atomic E-state index is -0.349. The van der Waals surface area contributed by atoms with Gasteiger partial charge < -0.3 is 20.7 Å². The molecule has 0 radical (unpaired) electrons. The Labute approximate surface area is 158 Å². The number of nitrogens with one attached hydrogen (secondary N) is 1. The number of amides is 2. The van der Waals surface area contributed by atoms with Gasteiger partial charge in [-0.05, 0) is 49.3 Å². The molecule has 7 heteroatoms. The lowest BCUT2D eigenvalue weighted by Crippen LogP contribution is -2.45. The number of carbonyl (C=O) groups excluding carboxylic acids is 2. The van der Waals surface area contributed by atoms with Crippen LogP contribution in [0, 0.1) is 5.92 Å². The van der Waals surface area contributed by atoms with Gasteiger partial charge in [0.15, 0.2) is 0 Å². The molecule has 2 amide bonds. The van der Waals surface area contributed by atoms with Gasteiger partial charge in [-0.1, -0.05) is 17.7 Å². The van der Waals surface area contributed by atoms with Gasteiger partial charge >= 0.3 is 0 Å². The molecule has 26 heavy (non-hydrogen) atoms. The highest BCUT2D eigenvalue weighted by atomic mass is 35.5. The third kappa shape index (κ3) is 3.21. The molecule has 3 heterocycles. The molecule has 1 unspecified atom stereocenters. The third-order valence-corrected chi connectivity index (χ3v) is 6.09. The molecule has 4 rings (SSSR count). The number of fused-ring (bicyclic) bond motifs is 1. The fourth-order valence-corrected chi connectivity index (χ4v) is 4.62. The van der Waals surface area contributed by atoms with E-state index in [-0.39, 0.29) is 35.9 Å². The van der Waals surface area contributed by atoms with Crippen molar-refractivity contribution in [2.75, 3.05) is 25.0 Å². The first-order chi connectivity index (χ1) is 12.6. The fraction of sp³-hybridized carbons (Fsp3) is 0.579.